The molecule has 0 saturated heterocycles. The first kappa shape index (κ1) is 12.4. The van der Waals surface area contributed by atoms with E-state index in [0.29, 0.717) is 6.42 Å². The quantitative estimate of drug-likeness (QED) is 0.713. The number of rotatable bonds is 3. The summed E-state index contributed by atoms with van der Waals surface area (Å²) < 4.78 is 4.61. The van der Waals surface area contributed by atoms with Crippen molar-refractivity contribution in [3.05, 3.63) is 29.5 Å². The van der Waals surface area contributed by atoms with E-state index in [4.69, 9.17) is 5.73 Å². The van der Waals surface area contributed by atoms with Crippen LogP contribution in [-0.2, 0) is 16.0 Å². The number of nitrogens with one attached hydrogen (secondary N) is 1. The number of esters is 1. The lowest BCUT2D eigenvalue weighted by Crippen LogP contribution is -2.33. The van der Waals surface area contributed by atoms with Crippen LogP contribution in [0.1, 0.15) is 11.3 Å². The molecule has 0 aliphatic heterocycles. The molecular formula is C13H16N2O3. The number of aromatic nitrogens is 1. The molecule has 1 aromatic carbocycles. The third-order valence-electron chi connectivity index (χ3n) is 3.03. The zero-order valence-corrected chi connectivity index (χ0v) is 10.4. The second-order valence-electron chi connectivity index (χ2n) is 4.29. The highest BCUT2D eigenvalue weighted by atomic mass is 16.5. The molecule has 18 heavy (non-hydrogen) atoms. The summed E-state index contributed by atoms with van der Waals surface area (Å²) in [5.41, 5.74) is 8.55. The predicted octanol–water partition coefficient (Wildman–Crippen LogP) is 1.22. The van der Waals surface area contributed by atoms with E-state index in [2.05, 4.69) is 9.72 Å². The summed E-state index contributed by atoms with van der Waals surface area (Å²) >= 11 is 0. The summed E-state index contributed by atoms with van der Waals surface area (Å²) in [5, 5.41) is 10.4. The van der Waals surface area contributed by atoms with Gasteiger partial charge < -0.3 is 20.6 Å². The number of ether oxygens (including phenoxy) is 1. The third kappa shape index (κ3) is 2.17. The van der Waals surface area contributed by atoms with Crippen LogP contribution < -0.4 is 5.73 Å². The van der Waals surface area contributed by atoms with Crippen molar-refractivity contribution in [2.75, 3.05) is 7.11 Å². The Bertz CT molecular complexity index is 589. The number of H-pyrrole nitrogens is 1. The Balaban J connectivity index is 2.40. The normalized spacial score (nSPS) is 12.6. The van der Waals surface area contributed by atoms with Crippen molar-refractivity contribution in [2.24, 2.45) is 5.73 Å². The molecule has 1 aromatic heterocycles. The van der Waals surface area contributed by atoms with Crippen LogP contribution in [0.3, 0.4) is 0 Å². The fourth-order valence-electron chi connectivity index (χ4n) is 2.09. The number of nitrogens with two attached hydrogens (primary N) is 1. The number of carbonyl (C=O) groups is 1. The van der Waals surface area contributed by atoms with Crippen molar-refractivity contribution < 1.29 is 14.6 Å². The zero-order valence-electron chi connectivity index (χ0n) is 10.4. The molecule has 1 heterocycles. The van der Waals surface area contributed by atoms with Gasteiger partial charge in [-0.15, -0.1) is 0 Å². The van der Waals surface area contributed by atoms with Gasteiger partial charge in [0.25, 0.3) is 0 Å². The number of aryl methyl sites for hydroxylation is 1. The Kier molecular flexibility index (Phi) is 3.25. The fourth-order valence-corrected chi connectivity index (χ4v) is 2.09. The van der Waals surface area contributed by atoms with E-state index in [0.717, 1.165) is 22.2 Å². The van der Waals surface area contributed by atoms with Gasteiger partial charge in [-0.3, -0.25) is 4.79 Å². The van der Waals surface area contributed by atoms with Crippen LogP contribution >= 0.6 is 0 Å². The maximum absolute atomic E-state index is 11.3. The van der Waals surface area contributed by atoms with Gasteiger partial charge in [-0.2, -0.15) is 0 Å². The first-order chi connectivity index (χ1) is 8.52. The highest BCUT2D eigenvalue weighted by Crippen LogP contribution is 2.26. The number of fused-ring (bicyclic) bond motifs is 1. The summed E-state index contributed by atoms with van der Waals surface area (Å²) in [6.45, 7) is 1.91. The standard InChI is InChI=1S/C13H16N2O3/c1-7-9(6-11(14)13(17)18-2)10-5-8(16)3-4-12(10)15-7/h3-5,11,15-16H,6,14H2,1-2H3/t11-/m0/s1. The van der Waals surface area contributed by atoms with E-state index in [-0.39, 0.29) is 5.75 Å². The summed E-state index contributed by atoms with van der Waals surface area (Å²) in [6, 6.07) is 4.38. The van der Waals surface area contributed by atoms with Crippen LogP contribution in [0, 0.1) is 6.92 Å². The molecular weight excluding hydrogens is 232 g/mol. The van der Waals surface area contributed by atoms with Gasteiger partial charge in [0, 0.05) is 23.0 Å². The topological polar surface area (TPSA) is 88.3 Å². The Hall–Kier alpha value is -2.01. The molecule has 0 amide bonds. The molecule has 4 N–H and O–H groups in total. The molecule has 2 aromatic rings. The van der Waals surface area contributed by atoms with Crippen molar-refractivity contribution in [1.82, 2.24) is 4.98 Å². The third-order valence-corrected chi connectivity index (χ3v) is 3.03. The molecule has 0 unspecified atom stereocenters. The highest BCUT2D eigenvalue weighted by Gasteiger charge is 2.18. The van der Waals surface area contributed by atoms with Crippen LogP contribution in [0.4, 0.5) is 0 Å². The smallest absolute Gasteiger partial charge is 0.322 e. The summed E-state index contributed by atoms with van der Waals surface area (Å²) in [5.74, 6) is -0.252. The average Bonchev–Trinajstić information content (AvgIpc) is 2.65. The van der Waals surface area contributed by atoms with Gasteiger partial charge in [0.1, 0.15) is 11.8 Å². The SMILES string of the molecule is COC(=O)[C@@H](N)Cc1c(C)[nH]c2ccc(O)cc12. The van der Waals surface area contributed by atoms with Crippen molar-refractivity contribution in [3.63, 3.8) is 0 Å². The van der Waals surface area contributed by atoms with Gasteiger partial charge in [0.15, 0.2) is 0 Å². The number of benzene rings is 1. The van der Waals surface area contributed by atoms with E-state index in [9.17, 15) is 9.90 Å². The number of hydrogen-bond acceptors (Lipinski definition) is 4. The Morgan fingerprint density at radius 2 is 2.28 bits per heavy atom. The fraction of sp³-hybridized carbons (Fsp3) is 0.308. The molecule has 2 rings (SSSR count). The molecule has 0 bridgehead atoms. The molecule has 0 fully saturated rings. The molecule has 5 nitrogen and oxygen atoms in total. The molecule has 0 spiro atoms. The molecule has 96 valence electrons. The zero-order chi connectivity index (χ0) is 13.3. The van der Waals surface area contributed by atoms with Gasteiger partial charge >= 0.3 is 5.97 Å². The number of phenols is 1. The van der Waals surface area contributed by atoms with Gasteiger partial charge in [0.05, 0.1) is 7.11 Å². The minimum absolute atomic E-state index is 0.189. The number of methoxy groups -OCH3 is 1. The van der Waals surface area contributed by atoms with Crippen molar-refractivity contribution in [3.8, 4) is 5.75 Å². The van der Waals surface area contributed by atoms with Gasteiger partial charge in [-0.25, -0.2) is 0 Å². The molecule has 0 radical (unpaired) electrons. The number of aromatic hydroxyl groups is 1. The second-order valence-corrected chi connectivity index (χ2v) is 4.29. The number of hydrogen-bond donors (Lipinski definition) is 3. The Labute approximate surface area is 105 Å². The molecule has 0 aliphatic rings. The molecule has 1 atom stereocenters. The minimum atomic E-state index is -0.699. The maximum Gasteiger partial charge on any atom is 0.322 e. The predicted molar refractivity (Wildman–Crippen MR) is 68.4 cm³/mol. The van der Waals surface area contributed by atoms with E-state index in [1.165, 1.54) is 7.11 Å². The van der Waals surface area contributed by atoms with Crippen LogP contribution in [-0.4, -0.2) is 29.2 Å². The highest BCUT2D eigenvalue weighted by molar-refractivity contribution is 5.87. The van der Waals surface area contributed by atoms with E-state index in [1.54, 1.807) is 18.2 Å². The maximum atomic E-state index is 11.3. The number of aromatic amines is 1. The first-order valence-electron chi connectivity index (χ1n) is 5.66. The lowest BCUT2D eigenvalue weighted by molar-refractivity contribution is -0.142. The minimum Gasteiger partial charge on any atom is -0.508 e. The summed E-state index contributed by atoms with van der Waals surface area (Å²) in [6.07, 6.45) is 0.377. The number of phenolic OH excluding ortho intramolecular Hbond substituents is 1. The van der Waals surface area contributed by atoms with Crippen molar-refractivity contribution >= 4 is 16.9 Å². The Morgan fingerprint density at radius 1 is 1.56 bits per heavy atom. The van der Waals surface area contributed by atoms with Gasteiger partial charge in [0.2, 0.25) is 0 Å². The monoisotopic (exact) mass is 248 g/mol. The molecule has 0 aliphatic carbocycles. The lowest BCUT2D eigenvalue weighted by atomic mass is 10.0. The van der Waals surface area contributed by atoms with E-state index in [1.807, 2.05) is 6.92 Å². The van der Waals surface area contributed by atoms with Crippen LogP contribution in [0.15, 0.2) is 18.2 Å². The van der Waals surface area contributed by atoms with Gasteiger partial charge in [-0.05, 0) is 30.7 Å². The summed E-state index contributed by atoms with van der Waals surface area (Å²) in [4.78, 5) is 14.5. The van der Waals surface area contributed by atoms with Gasteiger partial charge in [-0.1, -0.05) is 0 Å². The van der Waals surface area contributed by atoms with Crippen LogP contribution in [0.2, 0.25) is 0 Å². The Morgan fingerprint density at radius 3 is 2.94 bits per heavy atom. The van der Waals surface area contributed by atoms with Crippen LogP contribution in [0.5, 0.6) is 5.75 Å². The summed E-state index contributed by atoms with van der Waals surface area (Å²) in [7, 11) is 1.32. The van der Waals surface area contributed by atoms with E-state index >= 15 is 0 Å². The van der Waals surface area contributed by atoms with Crippen LogP contribution in [0.25, 0.3) is 10.9 Å². The average molecular weight is 248 g/mol. The van der Waals surface area contributed by atoms with Crippen molar-refractivity contribution in [2.45, 2.75) is 19.4 Å². The van der Waals surface area contributed by atoms with Crippen molar-refractivity contribution in [1.29, 1.82) is 0 Å². The lowest BCUT2D eigenvalue weighted by Gasteiger charge is -2.09. The van der Waals surface area contributed by atoms with E-state index < -0.39 is 12.0 Å². The molecule has 0 saturated carbocycles. The second kappa shape index (κ2) is 4.70. The largest absolute Gasteiger partial charge is 0.508 e. The number of carbonyl (C=O) groups excluding carboxylic acids is 1. The first-order valence-corrected chi connectivity index (χ1v) is 5.66. The molecule has 5 heteroatoms.